The summed E-state index contributed by atoms with van der Waals surface area (Å²) in [4.78, 5) is 15.3. The van der Waals surface area contributed by atoms with Crippen molar-refractivity contribution in [3.8, 4) is 0 Å². The molecule has 2 aromatic rings. The highest BCUT2D eigenvalue weighted by molar-refractivity contribution is 6.01. The third-order valence-corrected chi connectivity index (χ3v) is 5.18. The number of morpholine rings is 1. The highest BCUT2D eigenvalue weighted by Crippen LogP contribution is 2.33. The molecular weight excluding hydrogens is 342 g/mol. The molecule has 0 N–H and O–H groups in total. The molecule has 1 atom stereocenters. The molecule has 142 valence electrons. The first-order chi connectivity index (χ1) is 13.2. The first-order valence-electron chi connectivity index (χ1n) is 9.51. The van der Waals surface area contributed by atoms with Crippen LogP contribution in [0.1, 0.15) is 35.8 Å². The fourth-order valence-electron chi connectivity index (χ4n) is 3.57. The molecule has 1 aromatic heterocycles. The molecule has 27 heavy (non-hydrogen) atoms. The molecule has 4 rings (SSSR count). The lowest BCUT2D eigenvalue weighted by Crippen LogP contribution is -2.39. The molecule has 0 spiro atoms. The summed E-state index contributed by atoms with van der Waals surface area (Å²) in [5.41, 5.74) is 3.13. The van der Waals surface area contributed by atoms with Gasteiger partial charge in [0.2, 0.25) is 5.91 Å². The lowest BCUT2D eigenvalue weighted by Gasteiger charge is -2.27. The summed E-state index contributed by atoms with van der Waals surface area (Å²) in [7, 11) is 0. The minimum atomic E-state index is -0.0807. The van der Waals surface area contributed by atoms with E-state index in [9.17, 15) is 4.79 Å². The van der Waals surface area contributed by atoms with Crippen LogP contribution in [0.25, 0.3) is 0 Å². The summed E-state index contributed by atoms with van der Waals surface area (Å²) < 4.78 is 10.9. The largest absolute Gasteiger partial charge is 0.463 e. The molecule has 1 fully saturated rings. The van der Waals surface area contributed by atoms with Crippen LogP contribution in [0.2, 0.25) is 0 Å². The predicted molar refractivity (Wildman–Crippen MR) is 103 cm³/mol. The van der Waals surface area contributed by atoms with E-state index in [0.717, 1.165) is 49.9 Å². The minimum absolute atomic E-state index is 0.0497. The number of benzene rings is 1. The summed E-state index contributed by atoms with van der Waals surface area (Å²) in [6.07, 6.45) is 2.76. The van der Waals surface area contributed by atoms with Crippen LogP contribution in [0, 0.1) is 6.92 Å². The number of nitrogens with zero attached hydrogens (tertiary/aromatic N) is 3. The van der Waals surface area contributed by atoms with Gasteiger partial charge < -0.3 is 9.15 Å². The topological polar surface area (TPSA) is 58.3 Å². The van der Waals surface area contributed by atoms with Crippen LogP contribution in [0.15, 0.2) is 52.2 Å². The van der Waals surface area contributed by atoms with Gasteiger partial charge in [0.15, 0.2) is 0 Å². The van der Waals surface area contributed by atoms with Gasteiger partial charge in [0.1, 0.15) is 11.5 Å². The Hall–Kier alpha value is -2.44. The maximum absolute atomic E-state index is 13.0. The molecule has 2 aliphatic heterocycles. The van der Waals surface area contributed by atoms with Crippen molar-refractivity contribution in [2.75, 3.05) is 32.8 Å². The van der Waals surface area contributed by atoms with Crippen molar-refractivity contribution >= 4 is 11.6 Å². The third kappa shape index (κ3) is 4.12. The predicted octanol–water partition coefficient (Wildman–Crippen LogP) is 2.99. The number of ether oxygens (including phenoxy) is 1. The van der Waals surface area contributed by atoms with E-state index in [1.807, 2.05) is 12.1 Å². The number of rotatable bonds is 5. The van der Waals surface area contributed by atoms with Gasteiger partial charge in [-0.1, -0.05) is 29.8 Å². The van der Waals surface area contributed by atoms with Gasteiger partial charge in [0, 0.05) is 32.5 Å². The molecule has 0 saturated carbocycles. The second-order valence-corrected chi connectivity index (χ2v) is 7.10. The first-order valence-corrected chi connectivity index (χ1v) is 9.51. The Morgan fingerprint density at radius 3 is 2.67 bits per heavy atom. The van der Waals surface area contributed by atoms with E-state index in [-0.39, 0.29) is 11.9 Å². The van der Waals surface area contributed by atoms with Crippen molar-refractivity contribution in [3.63, 3.8) is 0 Å². The highest BCUT2D eigenvalue weighted by Gasteiger charge is 2.33. The quantitative estimate of drug-likeness (QED) is 0.815. The zero-order valence-electron chi connectivity index (χ0n) is 15.6. The maximum Gasteiger partial charge on any atom is 0.244 e. The SMILES string of the molecule is Cc1ccc(C2CC(c3ccco3)=NN2C(=O)CCN2CCOCC2)cc1. The molecule has 3 heterocycles. The van der Waals surface area contributed by atoms with E-state index >= 15 is 0 Å². The van der Waals surface area contributed by atoms with Crippen molar-refractivity contribution < 1.29 is 13.9 Å². The molecule has 0 radical (unpaired) electrons. The highest BCUT2D eigenvalue weighted by atomic mass is 16.5. The molecule has 0 bridgehead atoms. The average molecular weight is 367 g/mol. The van der Waals surface area contributed by atoms with Gasteiger partial charge in [-0.05, 0) is 24.6 Å². The Balaban J connectivity index is 1.51. The van der Waals surface area contributed by atoms with Gasteiger partial charge in [-0.2, -0.15) is 5.10 Å². The number of carbonyl (C=O) groups is 1. The molecule has 1 amide bonds. The lowest BCUT2D eigenvalue weighted by molar-refractivity contribution is -0.133. The Labute approximate surface area is 159 Å². The molecule has 1 aromatic carbocycles. The lowest BCUT2D eigenvalue weighted by atomic mass is 9.99. The zero-order valence-corrected chi connectivity index (χ0v) is 15.6. The van der Waals surface area contributed by atoms with Crippen LogP contribution in [0.4, 0.5) is 0 Å². The van der Waals surface area contributed by atoms with Crippen LogP contribution in [-0.2, 0) is 9.53 Å². The van der Waals surface area contributed by atoms with Gasteiger partial charge in [-0.25, -0.2) is 5.01 Å². The normalized spacial score (nSPS) is 20.7. The van der Waals surface area contributed by atoms with Gasteiger partial charge in [-0.15, -0.1) is 0 Å². The fraction of sp³-hybridized carbons (Fsp3) is 0.429. The number of furan rings is 1. The van der Waals surface area contributed by atoms with Crippen molar-refractivity contribution in [2.45, 2.75) is 25.8 Å². The number of hydrogen-bond donors (Lipinski definition) is 0. The summed E-state index contributed by atoms with van der Waals surface area (Å²) in [5, 5.41) is 6.29. The van der Waals surface area contributed by atoms with Crippen molar-refractivity contribution in [1.29, 1.82) is 0 Å². The van der Waals surface area contributed by atoms with Crippen molar-refractivity contribution in [3.05, 3.63) is 59.5 Å². The van der Waals surface area contributed by atoms with Crippen LogP contribution >= 0.6 is 0 Å². The molecule has 2 aliphatic rings. The number of aryl methyl sites for hydroxylation is 1. The summed E-state index contributed by atoms with van der Waals surface area (Å²) >= 11 is 0. The Morgan fingerprint density at radius 2 is 1.96 bits per heavy atom. The molecule has 6 nitrogen and oxygen atoms in total. The van der Waals surface area contributed by atoms with E-state index in [0.29, 0.717) is 12.8 Å². The second kappa shape index (κ2) is 8.06. The summed E-state index contributed by atoms with van der Waals surface area (Å²) in [6.45, 7) is 6.06. The number of amides is 1. The van der Waals surface area contributed by atoms with E-state index in [1.54, 1.807) is 11.3 Å². The molecule has 1 unspecified atom stereocenters. The van der Waals surface area contributed by atoms with Gasteiger partial charge >= 0.3 is 0 Å². The fourth-order valence-corrected chi connectivity index (χ4v) is 3.57. The van der Waals surface area contributed by atoms with Crippen LogP contribution < -0.4 is 0 Å². The maximum atomic E-state index is 13.0. The second-order valence-electron chi connectivity index (χ2n) is 7.10. The summed E-state index contributed by atoms with van der Waals surface area (Å²) in [5.74, 6) is 0.782. The Bertz CT molecular complexity index is 793. The first kappa shape index (κ1) is 17.9. The number of hydrazone groups is 1. The monoisotopic (exact) mass is 367 g/mol. The van der Waals surface area contributed by atoms with Gasteiger partial charge in [0.25, 0.3) is 0 Å². The third-order valence-electron chi connectivity index (χ3n) is 5.18. The van der Waals surface area contributed by atoms with Gasteiger partial charge in [0.05, 0.1) is 25.5 Å². The molecule has 1 saturated heterocycles. The number of hydrogen-bond acceptors (Lipinski definition) is 5. The van der Waals surface area contributed by atoms with Crippen molar-refractivity contribution in [2.24, 2.45) is 5.10 Å². The van der Waals surface area contributed by atoms with E-state index in [4.69, 9.17) is 9.15 Å². The van der Waals surface area contributed by atoms with Crippen LogP contribution in [-0.4, -0.2) is 54.4 Å². The zero-order chi connectivity index (χ0) is 18.6. The van der Waals surface area contributed by atoms with E-state index in [1.165, 1.54) is 5.56 Å². The van der Waals surface area contributed by atoms with Crippen LogP contribution in [0.3, 0.4) is 0 Å². The smallest absolute Gasteiger partial charge is 0.244 e. The Morgan fingerprint density at radius 1 is 1.19 bits per heavy atom. The number of carbonyl (C=O) groups excluding carboxylic acids is 1. The average Bonchev–Trinajstić information content (AvgIpc) is 3.37. The van der Waals surface area contributed by atoms with Crippen LogP contribution in [0.5, 0.6) is 0 Å². The Kier molecular flexibility index (Phi) is 5.36. The molecule has 0 aliphatic carbocycles. The van der Waals surface area contributed by atoms with Gasteiger partial charge in [-0.3, -0.25) is 9.69 Å². The van der Waals surface area contributed by atoms with E-state index in [2.05, 4.69) is 41.2 Å². The standard InChI is InChI=1S/C21H25N3O3/c1-16-4-6-17(7-5-16)19-15-18(20-3-2-12-27-20)22-24(19)21(25)8-9-23-10-13-26-14-11-23/h2-7,12,19H,8-11,13-15H2,1H3. The van der Waals surface area contributed by atoms with Crippen molar-refractivity contribution in [1.82, 2.24) is 9.91 Å². The summed E-state index contributed by atoms with van der Waals surface area (Å²) in [6, 6.07) is 12.0. The van der Waals surface area contributed by atoms with E-state index < -0.39 is 0 Å². The molecule has 6 heteroatoms. The molecular formula is C21H25N3O3. The minimum Gasteiger partial charge on any atom is -0.463 e.